The Labute approximate surface area is 83.3 Å². The zero-order valence-electron chi connectivity index (χ0n) is 8.22. The van der Waals surface area contributed by atoms with Crippen molar-refractivity contribution in [1.82, 2.24) is 5.48 Å². The number of hydrogen-bond donors (Lipinski definition) is 2. The summed E-state index contributed by atoms with van der Waals surface area (Å²) in [4.78, 5) is 1.23. The van der Waals surface area contributed by atoms with Crippen LogP contribution in [0.1, 0.15) is 16.7 Å². The lowest BCUT2D eigenvalue weighted by molar-refractivity contribution is 0.160. The van der Waals surface area contributed by atoms with Crippen molar-refractivity contribution in [3.8, 4) is 0 Å². The van der Waals surface area contributed by atoms with Gasteiger partial charge in [-0.3, -0.25) is 0 Å². The van der Waals surface area contributed by atoms with Crippen molar-refractivity contribution in [3.63, 3.8) is 0 Å². The highest BCUT2D eigenvalue weighted by molar-refractivity contribution is 7.98. The van der Waals surface area contributed by atoms with E-state index in [-0.39, 0.29) is 0 Å². The van der Waals surface area contributed by atoms with Crippen LogP contribution >= 0.6 is 11.8 Å². The predicted octanol–water partition coefficient (Wildman–Crippen LogP) is 2.50. The van der Waals surface area contributed by atoms with Crippen LogP contribution in [0.3, 0.4) is 0 Å². The van der Waals surface area contributed by atoms with Gasteiger partial charge in [0, 0.05) is 11.4 Å². The molecule has 13 heavy (non-hydrogen) atoms. The Hall–Kier alpha value is -0.510. The summed E-state index contributed by atoms with van der Waals surface area (Å²) >= 11 is 1.71. The molecule has 0 unspecified atom stereocenters. The highest BCUT2D eigenvalue weighted by atomic mass is 32.2. The minimum absolute atomic E-state index is 0.511. The summed E-state index contributed by atoms with van der Waals surface area (Å²) in [5.74, 6) is 0. The quantitative estimate of drug-likeness (QED) is 0.577. The second-order valence-corrected chi connectivity index (χ2v) is 3.93. The molecule has 0 aliphatic heterocycles. The van der Waals surface area contributed by atoms with Crippen molar-refractivity contribution in [3.05, 3.63) is 28.8 Å². The summed E-state index contributed by atoms with van der Waals surface area (Å²) in [6, 6.07) is 4.27. The van der Waals surface area contributed by atoms with Crippen molar-refractivity contribution in [2.24, 2.45) is 0 Å². The Morgan fingerprint density at radius 1 is 1.31 bits per heavy atom. The second kappa shape index (κ2) is 4.65. The summed E-state index contributed by atoms with van der Waals surface area (Å²) in [6.45, 7) is 4.70. The third-order valence-electron chi connectivity index (χ3n) is 2.17. The van der Waals surface area contributed by atoms with E-state index in [0.29, 0.717) is 6.54 Å². The van der Waals surface area contributed by atoms with E-state index in [1.165, 1.54) is 16.0 Å². The maximum absolute atomic E-state index is 8.64. The molecular formula is C10H15NOS. The lowest BCUT2D eigenvalue weighted by atomic mass is 10.1. The van der Waals surface area contributed by atoms with Crippen LogP contribution in [0.2, 0.25) is 0 Å². The van der Waals surface area contributed by atoms with Crippen molar-refractivity contribution < 1.29 is 5.21 Å². The summed E-state index contributed by atoms with van der Waals surface area (Å²) in [5, 5.41) is 8.64. The van der Waals surface area contributed by atoms with Gasteiger partial charge in [-0.05, 0) is 42.9 Å². The molecule has 0 saturated heterocycles. The number of hydroxylamine groups is 1. The first-order chi connectivity index (χ1) is 6.19. The molecule has 0 bridgehead atoms. The number of rotatable bonds is 3. The molecule has 0 aliphatic carbocycles. The maximum atomic E-state index is 8.64. The number of nitrogens with one attached hydrogen (secondary N) is 1. The van der Waals surface area contributed by atoms with E-state index in [4.69, 9.17) is 5.21 Å². The van der Waals surface area contributed by atoms with E-state index in [0.717, 1.165) is 5.56 Å². The van der Waals surface area contributed by atoms with Gasteiger partial charge in [0.05, 0.1) is 0 Å². The van der Waals surface area contributed by atoms with Crippen LogP contribution in [0.4, 0.5) is 0 Å². The van der Waals surface area contributed by atoms with E-state index >= 15 is 0 Å². The minimum Gasteiger partial charge on any atom is -0.316 e. The predicted molar refractivity (Wildman–Crippen MR) is 56.3 cm³/mol. The zero-order chi connectivity index (χ0) is 9.84. The SMILES string of the molecule is CSc1cc(C)c(C)cc1CNO. The molecule has 0 aromatic heterocycles. The molecule has 2 nitrogen and oxygen atoms in total. The topological polar surface area (TPSA) is 32.3 Å². The smallest absolute Gasteiger partial charge is 0.0469 e. The monoisotopic (exact) mass is 197 g/mol. The lowest BCUT2D eigenvalue weighted by Crippen LogP contribution is -2.07. The molecule has 0 amide bonds. The van der Waals surface area contributed by atoms with E-state index in [2.05, 4.69) is 31.5 Å². The molecule has 2 N–H and O–H groups in total. The third kappa shape index (κ3) is 2.46. The molecule has 72 valence electrons. The van der Waals surface area contributed by atoms with Gasteiger partial charge in [-0.25, -0.2) is 5.48 Å². The molecule has 1 aromatic carbocycles. The fraction of sp³-hybridized carbons (Fsp3) is 0.400. The largest absolute Gasteiger partial charge is 0.316 e. The van der Waals surface area contributed by atoms with Gasteiger partial charge in [0.15, 0.2) is 0 Å². The van der Waals surface area contributed by atoms with Gasteiger partial charge >= 0.3 is 0 Å². The Balaban J connectivity index is 3.09. The minimum atomic E-state index is 0.511. The summed E-state index contributed by atoms with van der Waals surface area (Å²) in [6.07, 6.45) is 2.05. The average Bonchev–Trinajstić information content (AvgIpc) is 2.11. The van der Waals surface area contributed by atoms with Crippen molar-refractivity contribution in [2.75, 3.05) is 6.26 Å². The first-order valence-corrected chi connectivity index (χ1v) is 5.42. The Kier molecular flexibility index (Phi) is 3.78. The summed E-state index contributed by atoms with van der Waals surface area (Å²) < 4.78 is 0. The zero-order valence-corrected chi connectivity index (χ0v) is 9.03. The number of aryl methyl sites for hydroxylation is 2. The van der Waals surface area contributed by atoms with Gasteiger partial charge < -0.3 is 5.21 Å². The molecular weight excluding hydrogens is 182 g/mol. The average molecular weight is 197 g/mol. The van der Waals surface area contributed by atoms with Crippen LogP contribution < -0.4 is 5.48 Å². The molecule has 0 heterocycles. The standard InChI is InChI=1S/C10H15NOS/c1-7-4-9(6-11-12)10(13-3)5-8(7)2/h4-5,11-12H,6H2,1-3H3. The van der Waals surface area contributed by atoms with Gasteiger partial charge in [0.2, 0.25) is 0 Å². The second-order valence-electron chi connectivity index (χ2n) is 3.08. The normalized spacial score (nSPS) is 10.5. The van der Waals surface area contributed by atoms with Crippen molar-refractivity contribution in [1.29, 1.82) is 0 Å². The first kappa shape index (κ1) is 10.6. The highest BCUT2D eigenvalue weighted by Crippen LogP contribution is 2.23. The Bertz CT molecular complexity index is 299. The van der Waals surface area contributed by atoms with Crippen LogP contribution in [-0.2, 0) is 6.54 Å². The molecule has 0 radical (unpaired) electrons. The number of benzene rings is 1. The molecule has 1 aromatic rings. The van der Waals surface area contributed by atoms with Crippen LogP contribution in [0.25, 0.3) is 0 Å². The molecule has 0 spiro atoms. The molecule has 3 heteroatoms. The Morgan fingerprint density at radius 3 is 2.46 bits per heavy atom. The van der Waals surface area contributed by atoms with Gasteiger partial charge in [-0.15, -0.1) is 11.8 Å². The molecule has 0 saturated carbocycles. The van der Waals surface area contributed by atoms with Crippen molar-refractivity contribution in [2.45, 2.75) is 25.3 Å². The van der Waals surface area contributed by atoms with E-state index in [1.807, 2.05) is 6.26 Å². The number of hydrogen-bond acceptors (Lipinski definition) is 3. The van der Waals surface area contributed by atoms with Gasteiger partial charge in [0.1, 0.15) is 0 Å². The molecule has 1 rings (SSSR count). The highest BCUT2D eigenvalue weighted by Gasteiger charge is 2.03. The van der Waals surface area contributed by atoms with E-state index < -0.39 is 0 Å². The fourth-order valence-electron chi connectivity index (χ4n) is 1.26. The first-order valence-electron chi connectivity index (χ1n) is 4.20. The van der Waals surface area contributed by atoms with Crippen molar-refractivity contribution >= 4 is 11.8 Å². The molecule has 0 fully saturated rings. The summed E-state index contributed by atoms with van der Waals surface area (Å²) in [7, 11) is 0. The van der Waals surface area contributed by atoms with Crippen LogP contribution in [0.15, 0.2) is 17.0 Å². The molecule has 0 atom stereocenters. The molecule has 0 aliphatic rings. The van der Waals surface area contributed by atoms with Crippen LogP contribution in [-0.4, -0.2) is 11.5 Å². The van der Waals surface area contributed by atoms with E-state index in [1.54, 1.807) is 11.8 Å². The summed E-state index contributed by atoms with van der Waals surface area (Å²) in [5.41, 5.74) is 5.91. The van der Waals surface area contributed by atoms with E-state index in [9.17, 15) is 0 Å². The van der Waals surface area contributed by atoms with Gasteiger partial charge in [-0.1, -0.05) is 6.07 Å². The fourth-order valence-corrected chi connectivity index (χ4v) is 1.95. The maximum Gasteiger partial charge on any atom is 0.0469 e. The van der Waals surface area contributed by atoms with Crippen LogP contribution in [0, 0.1) is 13.8 Å². The Morgan fingerprint density at radius 2 is 1.92 bits per heavy atom. The van der Waals surface area contributed by atoms with Gasteiger partial charge in [0.25, 0.3) is 0 Å². The lowest BCUT2D eigenvalue weighted by Gasteiger charge is -2.09. The number of thioether (sulfide) groups is 1. The van der Waals surface area contributed by atoms with Crippen LogP contribution in [0.5, 0.6) is 0 Å². The van der Waals surface area contributed by atoms with Gasteiger partial charge in [-0.2, -0.15) is 0 Å². The third-order valence-corrected chi connectivity index (χ3v) is 2.99.